The second-order valence-electron chi connectivity index (χ2n) is 5.84. The Balaban J connectivity index is 1.67. The predicted octanol–water partition coefficient (Wildman–Crippen LogP) is 5.50. The van der Waals surface area contributed by atoms with E-state index in [-0.39, 0.29) is 5.91 Å². The Morgan fingerprint density at radius 2 is 1.85 bits per heavy atom. The third-order valence-corrected chi connectivity index (χ3v) is 7.19. The zero-order valence-electron chi connectivity index (χ0n) is 13.9. The van der Waals surface area contributed by atoms with Crippen LogP contribution >= 0.6 is 47.3 Å². The van der Waals surface area contributed by atoms with Crippen molar-refractivity contribution in [2.24, 2.45) is 0 Å². The Hall–Kier alpha value is -1.47. The van der Waals surface area contributed by atoms with E-state index in [4.69, 9.17) is 23.8 Å². The summed E-state index contributed by atoms with van der Waals surface area (Å²) in [7, 11) is 0. The fourth-order valence-corrected chi connectivity index (χ4v) is 5.75. The summed E-state index contributed by atoms with van der Waals surface area (Å²) in [5, 5.41) is 1.64. The van der Waals surface area contributed by atoms with E-state index < -0.39 is 0 Å². The van der Waals surface area contributed by atoms with Crippen molar-refractivity contribution in [1.29, 1.82) is 0 Å². The number of thioether (sulfide) groups is 2. The summed E-state index contributed by atoms with van der Waals surface area (Å²) in [6, 6.07) is 15.7. The van der Waals surface area contributed by atoms with Crippen molar-refractivity contribution < 1.29 is 4.79 Å². The van der Waals surface area contributed by atoms with E-state index >= 15 is 0 Å². The fraction of sp³-hybridized carbons (Fsp3) is 0.158. The highest BCUT2D eigenvalue weighted by Crippen LogP contribution is 2.51. The average molecular weight is 419 g/mol. The minimum atomic E-state index is -0.0243. The van der Waals surface area contributed by atoms with Gasteiger partial charge in [0.25, 0.3) is 5.91 Å². The van der Waals surface area contributed by atoms with Crippen LogP contribution < -0.4 is 4.90 Å². The highest BCUT2D eigenvalue weighted by Gasteiger charge is 2.38. The summed E-state index contributed by atoms with van der Waals surface area (Å²) in [6.45, 7) is 3.33. The average Bonchev–Trinajstić information content (AvgIpc) is 3.14. The van der Waals surface area contributed by atoms with Gasteiger partial charge in [0.05, 0.1) is 12.2 Å². The first-order valence-corrected chi connectivity index (χ1v) is 10.6. The van der Waals surface area contributed by atoms with Gasteiger partial charge in [-0.3, -0.25) is 9.69 Å². The molecule has 7 heteroatoms. The number of thiocarbonyl (C=S) groups is 1. The summed E-state index contributed by atoms with van der Waals surface area (Å²) in [5.41, 5.74) is 2.12. The number of hydrogen-bond acceptors (Lipinski definition) is 5. The molecule has 1 saturated heterocycles. The Bertz CT molecular complexity index is 930. The van der Waals surface area contributed by atoms with Crippen LogP contribution in [-0.2, 0) is 11.3 Å². The van der Waals surface area contributed by atoms with E-state index in [1.165, 1.54) is 11.8 Å². The van der Waals surface area contributed by atoms with Gasteiger partial charge in [-0.25, -0.2) is 0 Å². The first kappa shape index (κ1) is 17.9. The number of hydrogen-bond donors (Lipinski definition) is 0. The lowest BCUT2D eigenvalue weighted by atomic mass is 10.2. The summed E-state index contributed by atoms with van der Waals surface area (Å²) in [6.07, 6.45) is 0. The molecule has 3 nitrogen and oxygen atoms in total. The molecule has 26 heavy (non-hydrogen) atoms. The molecule has 2 aromatic carbocycles. The summed E-state index contributed by atoms with van der Waals surface area (Å²) in [4.78, 5) is 18.7. The van der Waals surface area contributed by atoms with Gasteiger partial charge in [0.1, 0.15) is 14.3 Å². The molecule has 2 heterocycles. The standard InChI is InChI=1S/C19H15ClN2OS3/c1-2-21-14-10-13(20)8-9-15(14)25-18(21)16-17(23)22(19(24)26-16)11-12-6-4-3-5-7-12/h3-10H,2,11H2,1H3. The maximum Gasteiger partial charge on any atom is 0.269 e. The smallest absolute Gasteiger partial charge is 0.269 e. The van der Waals surface area contributed by atoms with Gasteiger partial charge in [-0.1, -0.05) is 77.7 Å². The number of carbonyl (C=O) groups is 1. The van der Waals surface area contributed by atoms with Crippen LogP contribution in [0.2, 0.25) is 5.02 Å². The predicted molar refractivity (Wildman–Crippen MR) is 115 cm³/mol. The molecular formula is C19H15ClN2OS3. The molecule has 0 spiro atoms. The molecular weight excluding hydrogens is 404 g/mol. The molecule has 0 saturated carbocycles. The molecule has 4 rings (SSSR count). The van der Waals surface area contributed by atoms with Gasteiger partial charge in [0, 0.05) is 16.5 Å². The maximum absolute atomic E-state index is 13.1. The van der Waals surface area contributed by atoms with Crippen LogP contribution in [0.25, 0.3) is 0 Å². The van der Waals surface area contributed by atoms with Crippen molar-refractivity contribution in [1.82, 2.24) is 4.90 Å². The Morgan fingerprint density at radius 3 is 2.58 bits per heavy atom. The number of carbonyl (C=O) groups excluding carboxylic acids is 1. The van der Waals surface area contributed by atoms with Crippen LogP contribution in [0.4, 0.5) is 5.69 Å². The van der Waals surface area contributed by atoms with Gasteiger partial charge in [0.15, 0.2) is 0 Å². The number of rotatable bonds is 3. The van der Waals surface area contributed by atoms with Crippen molar-refractivity contribution >= 4 is 63.3 Å². The van der Waals surface area contributed by atoms with E-state index in [9.17, 15) is 4.79 Å². The van der Waals surface area contributed by atoms with Crippen LogP contribution in [-0.4, -0.2) is 21.7 Å². The summed E-state index contributed by atoms with van der Waals surface area (Å²) < 4.78 is 0.604. The number of halogens is 1. The molecule has 2 aliphatic rings. The first-order chi connectivity index (χ1) is 12.6. The molecule has 0 unspecified atom stereocenters. The van der Waals surface area contributed by atoms with Crippen molar-refractivity contribution in [3.63, 3.8) is 0 Å². The van der Waals surface area contributed by atoms with Crippen molar-refractivity contribution in [2.45, 2.75) is 18.4 Å². The highest BCUT2D eigenvalue weighted by atomic mass is 35.5. The molecule has 0 atom stereocenters. The van der Waals surface area contributed by atoms with Crippen LogP contribution in [0.15, 0.2) is 63.4 Å². The Labute approximate surface area is 171 Å². The number of amides is 1. The zero-order valence-corrected chi connectivity index (χ0v) is 17.1. The lowest BCUT2D eigenvalue weighted by Gasteiger charge is -2.19. The topological polar surface area (TPSA) is 23.6 Å². The lowest BCUT2D eigenvalue weighted by Crippen LogP contribution is -2.28. The van der Waals surface area contributed by atoms with E-state index in [1.54, 1.807) is 16.7 Å². The molecule has 0 aromatic heterocycles. The van der Waals surface area contributed by atoms with E-state index in [0.29, 0.717) is 20.8 Å². The minimum Gasteiger partial charge on any atom is -0.334 e. The summed E-state index contributed by atoms with van der Waals surface area (Å²) in [5.74, 6) is -0.0243. The van der Waals surface area contributed by atoms with Crippen molar-refractivity contribution in [3.05, 3.63) is 69.1 Å². The molecule has 0 bridgehead atoms. The normalized spacial score (nSPS) is 19.5. The van der Waals surface area contributed by atoms with Gasteiger partial charge >= 0.3 is 0 Å². The second-order valence-corrected chi connectivity index (χ2v) is 8.95. The third kappa shape index (κ3) is 3.16. The number of anilines is 1. The van der Waals surface area contributed by atoms with Crippen LogP contribution in [0.5, 0.6) is 0 Å². The lowest BCUT2D eigenvalue weighted by molar-refractivity contribution is -0.122. The monoisotopic (exact) mass is 418 g/mol. The Kier molecular flexibility index (Phi) is 5.01. The van der Waals surface area contributed by atoms with Gasteiger partial charge in [-0.15, -0.1) is 0 Å². The second kappa shape index (κ2) is 7.27. The van der Waals surface area contributed by atoms with Gasteiger partial charge < -0.3 is 4.90 Å². The molecule has 0 radical (unpaired) electrons. The van der Waals surface area contributed by atoms with Crippen LogP contribution in [0.1, 0.15) is 12.5 Å². The molecule has 2 aliphatic heterocycles. The molecule has 0 aliphatic carbocycles. The van der Waals surface area contributed by atoms with Gasteiger partial charge in [0.2, 0.25) is 0 Å². The maximum atomic E-state index is 13.1. The van der Waals surface area contributed by atoms with E-state index in [2.05, 4.69) is 11.8 Å². The number of nitrogens with zero attached hydrogens (tertiary/aromatic N) is 2. The molecule has 1 amide bonds. The van der Waals surface area contributed by atoms with E-state index in [0.717, 1.165) is 27.7 Å². The highest BCUT2D eigenvalue weighted by molar-refractivity contribution is 8.27. The van der Waals surface area contributed by atoms with Crippen LogP contribution in [0, 0.1) is 0 Å². The van der Waals surface area contributed by atoms with Gasteiger partial charge in [-0.05, 0) is 30.7 Å². The summed E-state index contributed by atoms with van der Waals surface area (Å²) >= 11 is 14.7. The van der Waals surface area contributed by atoms with Crippen molar-refractivity contribution in [2.75, 3.05) is 11.4 Å². The molecule has 132 valence electrons. The quantitative estimate of drug-likeness (QED) is 0.483. The first-order valence-electron chi connectivity index (χ1n) is 8.15. The van der Waals surface area contributed by atoms with E-state index in [1.807, 2.05) is 48.5 Å². The zero-order chi connectivity index (χ0) is 18.3. The molecule has 1 fully saturated rings. The number of fused-ring (bicyclic) bond motifs is 1. The minimum absolute atomic E-state index is 0.0243. The van der Waals surface area contributed by atoms with Crippen LogP contribution in [0.3, 0.4) is 0 Å². The van der Waals surface area contributed by atoms with Crippen molar-refractivity contribution in [3.8, 4) is 0 Å². The third-order valence-electron chi connectivity index (χ3n) is 4.21. The Morgan fingerprint density at radius 1 is 1.08 bits per heavy atom. The van der Waals surface area contributed by atoms with Gasteiger partial charge in [-0.2, -0.15) is 0 Å². The largest absolute Gasteiger partial charge is 0.334 e. The number of benzene rings is 2. The molecule has 0 N–H and O–H groups in total. The molecule has 2 aromatic rings. The fourth-order valence-electron chi connectivity index (χ4n) is 2.97. The SMILES string of the molecule is CCN1C(=C2SC(=S)N(Cc3ccccc3)C2=O)Sc2ccc(Cl)cc21.